The molecule has 1 aromatic rings. The minimum Gasteiger partial charge on any atom is -0.313 e. The minimum atomic E-state index is 0.392. The molecule has 0 spiro atoms. The largest absolute Gasteiger partial charge is 0.313 e. The van der Waals surface area contributed by atoms with Crippen LogP contribution in [0.1, 0.15) is 24.2 Å². The van der Waals surface area contributed by atoms with Gasteiger partial charge < -0.3 is 5.32 Å². The average Bonchev–Trinajstić information content (AvgIpc) is 2.04. The van der Waals surface area contributed by atoms with Gasteiger partial charge in [-0.3, -0.25) is 4.98 Å². The Morgan fingerprint density at radius 3 is 2.82 bits per heavy atom. The van der Waals surface area contributed by atoms with Crippen LogP contribution in [0.2, 0.25) is 0 Å². The van der Waals surface area contributed by atoms with Crippen molar-refractivity contribution in [3.8, 4) is 0 Å². The van der Waals surface area contributed by atoms with Gasteiger partial charge >= 0.3 is 0 Å². The highest BCUT2D eigenvalue weighted by molar-refractivity contribution is 5.21. The lowest BCUT2D eigenvalue weighted by Gasteiger charge is -2.11. The number of hydrogen-bond donors (Lipinski definition) is 1. The zero-order valence-corrected chi connectivity index (χ0v) is 7.26. The molecule has 2 heteroatoms. The van der Waals surface area contributed by atoms with Gasteiger partial charge in [0.1, 0.15) is 0 Å². The van der Waals surface area contributed by atoms with Crippen molar-refractivity contribution in [1.82, 2.24) is 10.3 Å². The molecule has 2 nitrogen and oxygen atoms in total. The second kappa shape index (κ2) is 3.49. The first kappa shape index (κ1) is 8.21. The highest BCUT2D eigenvalue weighted by Crippen LogP contribution is 2.13. The van der Waals surface area contributed by atoms with E-state index in [-0.39, 0.29) is 0 Å². The van der Waals surface area contributed by atoms with Crippen LogP contribution in [-0.4, -0.2) is 12.0 Å². The van der Waals surface area contributed by atoms with Gasteiger partial charge in [-0.15, -0.1) is 0 Å². The SMILES string of the molecule is CN[C@H](C)c1cccnc1C. The molecule has 0 aliphatic heterocycles. The van der Waals surface area contributed by atoms with Crippen LogP contribution in [-0.2, 0) is 0 Å². The van der Waals surface area contributed by atoms with Crippen LogP contribution in [0.3, 0.4) is 0 Å². The summed E-state index contributed by atoms with van der Waals surface area (Å²) in [4.78, 5) is 4.21. The van der Waals surface area contributed by atoms with Crippen LogP contribution < -0.4 is 5.32 Å². The Kier molecular flexibility index (Phi) is 2.60. The number of nitrogens with one attached hydrogen (secondary N) is 1. The van der Waals surface area contributed by atoms with Crippen LogP contribution in [0.25, 0.3) is 0 Å². The van der Waals surface area contributed by atoms with Crippen molar-refractivity contribution in [3.63, 3.8) is 0 Å². The summed E-state index contributed by atoms with van der Waals surface area (Å²) < 4.78 is 0. The second-order valence-electron chi connectivity index (χ2n) is 2.69. The highest BCUT2D eigenvalue weighted by atomic mass is 14.9. The minimum absolute atomic E-state index is 0.392. The third-order valence-electron chi connectivity index (χ3n) is 1.95. The molecule has 1 atom stereocenters. The molecule has 0 radical (unpaired) electrons. The van der Waals surface area contributed by atoms with E-state index in [1.54, 1.807) is 0 Å². The van der Waals surface area contributed by atoms with Crippen LogP contribution in [0.15, 0.2) is 18.3 Å². The first-order valence-corrected chi connectivity index (χ1v) is 3.84. The Balaban J connectivity index is 2.93. The van der Waals surface area contributed by atoms with Gasteiger partial charge in [-0.2, -0.15) is 0 Å². The van der Waals surface area contributed by atoms with E-state index in [1.807, 2.05) is 26.2 Å². The van der Waals surface area contributed by atoms with Crippen molar-refractivity contribution in [2.24, 2.45) is 0 Å². The Bertz CT molecular complexity index is 233. The lowest BCUT2D eigenvalue weighted by atomic mass is 10.1. The van der Waals surface area contributed by atoms with Gasteiger partial charge in [0.2, 0.25) is 0 Å². The van der Waals surface area contributed by atoms with E-state index in [0.717, 1.165) is 5.69 Å². The molecule has 0 unspecified atom stereocenters. The standard InChI is InChI=1S/C9H14N2/c1-7(10-3)9-5-4-6-11-8(9)2/h4-7,10H,1-3H3/t7-/m1/s1. The maximum absolute atomic E-state index is 4.21. The molecule has 60 valence electrons. The van der Waals surface area contributed by atoms with Crippen molar-refractivity contribution in [2.75, 3.05) is 7.05 Å². The van der Waals surface area contributed by atoms with Crippen LogP contribution >= 0.6 is 0 Å². The molecule has 1 heterocycles. The Morgan fingerprint density at radius 1 is 1.55 bits per heavy atom. The third-order valence-corrected chi connectivity index (χ3v) is 1.95. The van der Waals surface area contributed by atoms with Crippen LogP contribution in [0.5, 0.6) is 0 Å². The molecular formula is C9H14N2. The summed E-state index contributed by atoms with van der Waals surface area (Å²) >= 11 is 0. The summed E-state index contributed by atoms with van der Waals surface area (Å²) in [6.45, 7) is 4.16. The fraction of sp³-hybridized carbons (Fsp3) is 0.444. The number of nitrogens with zero attached hydrogens (tertiary/aromatic N) is 1. The van der Waals surface area contributed by atoms with Gasteiger partial charge in [0.25, 0.3) is 0 Å². The highest BCUT2D eigenvalue weighted by Gasteiger charge is 2.04. The van der Waals surface area contributed by atoms with E-state index in [1.165, 1.54) is 5.56 Å². The average molecular weight is 150 g/mol. The van der Waals surface area contributed by atoms with Crippen molar-refractivity contribution in [2.45, 2.75) is 19.9 Å². The normalized spacial score (nSPS) is 13.0. The lowest BCUT2D eigenvalue weighted by molar-refractivity contribution is 0.644. The van der Waals surface area contributed by atoms with E-state index in [4.69, 9.17) is 0 Å². The molecule has 0 aliphatic rings. The molecule has 11 heavy (non-hydrogen) atoms. The van der Waals surface area contributed by atoms with E-state index in [0.29, 0.717) is 6.04 Å². The number of pyridine rings is 1. The first-order chi connectivity index (χ1) is 5.25. The molecule has 0 saturated heterocycles. The van der Waals surface area contributed by atoms with Crippen LogP contribution in [0, 0.1) is 6.92 Å². The molecule has 1 N–H and O–H groups in total. The van der Waals surface area contributed by atoms with Gasteiger partial charge in [-0.1, -0.05) is 6.07 Å². The van der Waals surface area contributed by atoms with Crippen molar-refractivity contribution in [1.29, 1.82) is 0 Å². The number of rotatable bonds is 2. The van der Waals surface area contributed by atoms with Crippen molar-refractivity contribution in [3.05, 3.63) is 29.6 Å². The molecule has 0 amide bonds. The molecule has 0 aliphatic carbocycles. The van der Waals surface area contributed by atoms with E-state index < -0.39 is 0 Å². The topological polar surface area (TPSA) is 24.9 Å². The Hall–Kier alpha value is -0.890. The molecule has 0 fully saturated rings. The fourth-order valence-corrected chi connectivity index (χ4v) is 1.11. The van der Waals surface area contributed by atoms with Crippen molar-refractivity contribution >= 4 is 0 Å². The maximum atomic E-state index is 4.21. The predicted molar refractivity (Wildman–Crippen MR) is 46.4 cm³/mol. The third kappa shape index (κ3) is 1.77. The van der Waals surface area contributed by atoms with Crippen molar-refractivity contribution < 1.29 is 0 Å². The molecule has 1 aromatic heterocycles. The fourth-order valence-electron chi connectivity index (χ4n) is 1.11. The monoisotopic (exact) mass is 150 g/mol. The molecule has 0 aromatic carbocycles. The Morgan fingerprint density at radius 2 is 2.27 bits per heavy atom. The van der Waals surface area contributed by atoms with Gasteiger partial charge in [-0.25, -0.2) is 0 Å². The summed E-state index contributed by atoms with van der Waals surface area (Å²) in [7, 11) is 1.96. The first-order valence-electron chi connectivity index (χ1n) is 3.84. The maximum Gasteiger partial charge on any atom is 0.0420 e. The zero-order valence-electron chi connectivity index (χ0n) is 7.26. The van der Waals surface area contributed by atoms with Gasteiger partial charge in [-0.05, 0) is 32.5 Å². The molecular weight excluding hydrogens is 136 g/mol. The molecule has 0 saturated carbocycles. The van der Waals surface area contributed by atoms with E-state index in [2.05, 4.69) is 23.3 Å². The molecule has 0 bridgehead atoms. The lowest BCUT2D eigenvalue weighted by Crippen LogP contribution is -2.13. The summed E-state index contributed by atoms with van der Waals surface area (Å²) in [6, 6.07) is 4.46. The summed E-state index contributed by atoms with van der Waals surface area (Å²) in [6.07, 6.45) is 1.82. The predicted octanol–water partition coefficient (Wildman–Crippen LogP) is 1.67. The molecule has 1 rings (SSSR count). The van der Waals surface area contributed by atoms with Crippen LogP contribution in [0.4, 0.5) is 0 Å². The number of hydrogen-bond acceptors (Lipinski definition) is 2. The number of aryl methyl sites for hydroxylation is 1. The number of aromatic nitrogens is 1. The summed E-state index contributed by atoms with van der Waals surface area (Å²) in [5.41, 5.74) is 2.38. The summed E-state index contributed by atoms with van der Waals surface area (Å²) in [5.74, 6) is 0. The second-order valence-corrected chi connectivity index (χ2v) is 2.69. The van der Waals surface area contributed by atoms with Gasteiger partial charge in [0, 0.05) is 17.9 Å². The van der Waals surface area contributed by atoms with Gasteiger partial charge in [0.05, 0.1) is 0 Å². The smallest absolute Gasteiger partial charge is 0.0420 e. The quantitative estimate of drug-likeness (QED) is 0.693. The zero-order chi connectivity index (χ0) is 8.27. The van der Waals surface area contributed by atoms with Gasteiger partial charge in [0.15, 0.2) is 0 Å². The summed E-state index contributed by atoms with van der Waals surface area (Å²) in [5, 5.41) is 3.18. The van der Waals surface area contributed by atoms with E-state index >= 15 is 0 Å². The van der Waals surface area contributed by atoms with E-state index in [9.17, 15) is 0 Å². The Labute approximate surface area is 67.7 Å².